The minimum atomic E-state index is -0.489. The number of piperazine rings is 1. The van der Waals surface area contributed by atoms with Crippen LogP contribution >= 0.6 is 11.6 Å². The van der Waals surface area contributed by atoms with E-state index in [1.807, 2.05) is 35.2 Å². The number of nitrogens with zero attached hydrogens (tertiary/aromatic N) is 5. The number of rotatable bonds is 5. The molecule has 2 aromatic carbocycles. The molecule has 3 aromatic rings. The molecule has 1 aliphatic heterocycles. The Kier molecular flexibility index (Phi) is 5.44. The molecule has 29 heavy (non-hydrogen) atoms. The average Bonchev–Trinajstić information content (AvgIpc) is 2.74. The largest absolute Gasteiger partial charge is 0.434 e. The monoisotopic (exact) mass is 411 g/mol. The van der Waals surface area contributed by atoms with Crippen LogP contribution in [0.1, 0.15) is 0 Å². The Labute approximate surface area is 172 Å². The molecule has 0 N–H and O–H groups in total. The highest BCUT2D eigenvalue weighted by atomic mass is 35.5. The summed E-state index contributed by atoms with van der Waals surface area (Å²) in [6, 6.07) is 16.5. The molecule has 1 aliphatic rings. The Balaban J connectivity index is 1.56. The van der Waals surface area contributed by atoms with E-state index < -0.39 is 4.92 Å². The molecule has 0 atom stereocenters. The van der Waals surface area contributed by atoms with E-state index in [4.69, 9.17) is 16.3 Å². The van der Waals surface area contributed by atoms with Crippen LogP contribution in [0.4, 0.5) is 17.2 Å². The van der Waals surface area contributed by atoms with Crippen LogP contribution in [0.2, 0.25) is 5.02 Å². The lowest BCUT2D eigenvalue weighted by Gasteiger charge is -2.36. The van der Waals surface area contributed by atoms with Crippen molar-refractivity contribution < 1.29 is 9.66 Å². The van der Waals surface area contributed by atoms with E-state index >= 15 is 0 Å². The molecule has 0 bridgehead atoms. The highest BCUT2D eigenvalue weighted by Gasteiger charge is 2.30. The first-order valence-electron chi connectivity index (χ1n) is 9.09. The first kappa shape index (κ1) is 18.9. The Morgan fingerprint density at radius 2 is 1.69 bits per heavy atom. The zero-order chi connectivity index (χ0) is 20.2. The van der Waals surface area contributed by atoms with Gasteiger partial charge >= 0.3 is 11.6 Å². The molecule has 1 aromatic heterocycles. The van der Waals surface area contributed by atoms with Crippen molar-refractivity contribution in [2.45, 2.75) is 0 Å². The normalized spacial score (nSPS) is 14.0. The van der Waals surface area contributed by atoms with Crippen molar-refractivity contribution >= 4 is 28.8 Å². The smallest absolute Gasteiger partial charge is 0.373 e. The van der Waals surface area contributed by atoms with Crippen molar-refractivity contribution in [1.29, 1.82) is 0 Å². The van der Waals surface area contributed by atoms with Gasteiger partial charge in [0.05, 0.1) is 4.92 Å². The van der Waals surface area contributed by atoms with E-state index in [9.17, 15) is 10.1 Å². The molecule has 2 heterocycles. The molecule has 9 heteroatoms. The number of aromatic nitrogens is 2. The van der Waals surface area contributed by atoms with Gasteiger partial charge in [-0.05, 0) is 30.3 Å². The number of halogens is 1. The van der Waals surface area contributed by atoms with Gasteiger partial charge in [-0.15, -0.1) is 0 Å². The van der Waals surface area contributed by atoms with E-state index in [0.717, 1.165) is 5.69 Å². The molecule has 1 fully saturated rings. The molecular formula is C20H18ClN5O3. The summed E-state index contributed by atoms with van der Waals surface area (Å²) in [5, 5.41) is 12.5. The standard InChI is InChI=1S/C20H18ClN5O3/c21-15-5-4-6-16(13-15)24-9-11-25(12-10-24)19-18(26(27)28)20(23-14-22-19)29-17-7-2-1-3-8-17/h1-8,13-14H,9-12H2. The second kappa shape index (κ2) is 8.32. The van der Waals surface area contributed by atoms with E-state index in [2.05, 4.69) is 14.9 Å². The van der Waals surface area contributed by atoms with E-state index in [1.54, 1.807) is 24.3 Å². The lowest BCUT2D eigenvalue weighted by atomic mass is 10.2. The van der Waals surface area contributed by atoms with Gasteiger partial charge in [0, 0.05) is 36.9 Å². The van der Waals surface area contributed by atoms with Crippen molar-refractivity contribution in [1.82, 2.24) is 9.97 Å². The van der Waals surface area contributed by atoms with Gasteiger partial charge in [-0.25, -0.2) is 4.98 Å². The van der Waals surface area contributed by atoms with Gasteiger partial charge in [0.15, 0.2) is 0 Å². The van der Waals surface area contributed by atoms with Crippen LogP contribution in [0.15, 0.2) is 60.9 Å². The first-order chi connectivity index (χ1) is 14.1. The van der Waals surface area contributed by atoms with Crippen LogP contribution in [0, 0.1) is 10.1 Å². The summed E-state index contributed by atoms with van der Waals surface area (Å²) < 4.78 is 5.66. The predicted molar refractivity (Wildman–Crippen MR) is 111 cm³/mol. The van der Waals surface area contributed by atoms with Crippen LogP contribution in [0.3, 0.4) is 0 Å². The van der Waals surface area contributed by atoms with Gasteiger partial charge in [-0.2, -0.15) is 4.98 Å². The number of hydrogen-bond donors (Lipinski definition) is 0. The zero-order valence-corrected chi connectivity index (χ0v) is 16.2. The fraction of sp³-hybridized carbons (Fsp3) is 0.200. The maximum atomic E-state index is 11.8. The molecule has 4 rings (SSSR count). The third-order valence-corrected chi connectivity index (χ3v) is 4.90. The maximum absolute atomic E-state index is 11.8. The fourth-order valence-corrected chi connectivity index (χ4v) is 3.45. The van der Waals surface area contributed by atoms with Crippen LogP contribution in [-0.4, -0.2) is 41.1 Å². The van der Waals surface area contributed by atoms with Gasteiger partial charge in [-0.1, -0.05) is 35.9 Å². The second-order valence-corrected chi connectivity index (χ2v) is 6.91. The summed E-state index contributed by atoms with van der Waals surface area (Å²) in [6.45, 7) is 2.54. The van der Waals surface area contributed by atoms with Crippen molar-refractivity contribution in [2.24, 2.45) is 0 Å². The molecule has 0 radical (unpaired) electrons. The summed E-state index contributed by atoms with van der Waals surface area (Å²) in [4.78, 5) is 23.6. The second-order valence-electron chi connectivity index (χ2n) is 6.48. The highest BCUT2D eigenvalue weighted by Crippen LogP contribution is 2.36. The van der Waals surface area contributed by atoms with E-state index in [0.29, 0.717) is 37.0 Å². The van der Waals surface area contributed by atoms with Gasteiger partial charge in [0.25, 0.3) is 0 Å². The molecule has 1 saturated heterocycles. The van der Waals surface area contributed by atoms with Gasteiger partial charge in [-0.3, -0.25) is 10.1 Å². The van der Waals surface area contributed by atoms with Crippen molar-refractivity contribution in [3.05, 3.63) is 76.1 Å². The molecule has 0 amide bonds. The van der Waals surface area contributed by atoms with Crippen LogP contribution < -0.4 is 14.5 Å². The van der Waals surface area contributed by atoms with Crippen LogP contribution in [0.5, 0.6) is 11.6 Å². The summed E-state index contributed by atoms with van der Waals surface area (Å²) in [5.74, 6) is 0.677. The van der Waals surface area contributed by atoms with Gasteiger partial charge in [0.2, 0.25) is 5.82 Å². The molecule has 0 aliphatic carbocycles. The number of para-hydroxylation sites is 1. The third kappa shape index (κ3) is 4.22. The van der Waals surface area contributed by atoms with Crippen LogP contribution in [-0.2, 0) is 0 Å². The Morgan fingerprint density at radius 1 is 0.966 bits per heavy atom. The fourth-order valence-electron chi connectivity index (χ4n) is 3.27. The number of ether oxygens (including phenoxy) is 1. The summed E-state index contributed by atoms with van der Waals surface area (Å²) in [7, 11) is 0. The molecule has 148 valence electrons. The average molecular weight is 412 g/mol. The van der Waals surface area contributed by atoms with E-state index in [-0.39, 0.29) is 17.4 Å². The van der Waals surface area contributed by atoms with E-state index in [1.165, 1.54) is 6.33 Å². The predicted octanol–water partition coefficient (Wildman–Crippen LogP) is 4.16. The first-order valence-corrected chi connectivity index (χ1v) is 9.47. The molecule has 8 nitrogen and oxygen atoms in total. The number of benzene rings is 2. The minimum absolute atomic E-state index is 0.0662. The maximum Gasteiger partial charge on any atom is 0.373 e. The Hall–Kier alpha value is -3.39. The minimum Gasteiger partial charge on any atom is -0.434 e. The number of anilines is 2. The molecule has 0 spiro atoms. The third-order valence-electron chi connectivity index (χ3n) is 4.66. The zero-order valence-electron chi connectivity index (χ0n) is 15.4. The van der Waals surface area contributed by atoms with Crippen molar-refractivity contribution in [3.8, 4) is 11.6 Å². The summed E-state index contributed by atoms with van der Waals surface area (Å²) >= 11 is 6.09. The topological polar surface area (TPSA) is 84.6 Å². The van der Waals surface area contributed by atoms with Gasteiger partial charge in [0.1, 0.15) is 12.1 Å². The lowest BCUT2D eigenvalue weighted by molar-refractivity contribution is -0.385. The Morgan fingerprint density at radius 3 is 2.38 bits per heavy atom. The SMILES string of the molecule is O=[N+]([O-])c1c(Oc2ccccc2)ncnc1N1CCN(c2cccc(Cl)c2)CC1. The molecule has 0 saturated carbocycles. The summed E-state index contributed by atoms with van der Waals surface area (Å²) in [5.41, 5.74) is 0.801. The van der Waals surface area contributed by atoms with Crippen molar-refractivity contribution in [3.63, 3.8) is 0 Å². The Bertz CT molecular complexity index is 1010. The highest BCUT2D eigenvalue weighted by molar-refractivity contribution is 6.30. The molecular weight excluding hydrogens is 394 g/mol. The number of nitro groups is 1. The van der Waals surface area contributed by atoms with Crippen LogP contribution in [0.25, 0.3) is 0 Å². The van der Waals surface area contributed by atoms with Crippen molar-refractivity contribution in [2.75, 3.05) is 36.0 Å². The quantitative estimate of drug-likeness (QED) is 0.460. The number of hydrogen-bond acceptors (Lipinski definition) is 7. The lowest BCUT2D eigenvalue weighted by Crippen LogP contribution is -2.47. The molecule has 0 unspecified atom stereocenters. The van der Waals surface area contributed by atoms with Gasteiger partial charge < -0.3 is 14.5 Å². The summed E-state index contributed by atoms with van der Waals surface area (Å²) in [6.07, 6.45) is 1.30.